The van der Waals surface area contributed by atoms with Gasteiger partial charge in [-0.1, -0.05) is 81.4 Å². The normalized spacial score (nSPS) is 10.9. The minimum Gasteiger partial charge on any atom is -0.339 e. The van der Waals surface area contributed by atoms with E-state index in [1.807, 2.05) is 30.6 Å². The molecular weight excluding hydrogens is 619 g/mol. The molecule has 3 nitrogen and oxygen atoms in total. The van der Waals surface area contributed by atoms with E-state index < -0.39 is 0 Å². The molecule has 1 heterocycles. The Hall–Kier alpha value is -3.77. The molecule has 0 bridgehead atoms. The van der Waals surface area contributed by atoms with E-state index in [0.29, 0.717) is 5.69 Å². The van der Waals surface area contributed by atoms with E-state index in [-0.39, 0.29) is 25.5 Å². The summed E-state index contributed by atoms with van der Waals surface area (Å²) >= 11 is 0. The molecule has 0 saturated heterocycles. The molecule has 1 radical (unpaired) electrons. The van der Waals surface area contributed by atoms with Crippen LogP contribution >= 0.6 is 0 Å². The van der Waals surface area contributed by atoms with Crippen LogP contribution in [0.4, 0.5) is 5.69 Å². The minimum absolute atomic E-state index is 0. The maximum atomic E-state index is 7.44. The number of hydrogen-bond acceptors (Lipinski definition) is 1. The Balaban J connectivity index is 0.00000304. The number of rotatable bonds is 4. The van der Waals surface area contributed by atoms with Crippen LogP contribution in [0.3, 0.4) is 0 Å². The van der Waals surface area contributed by atoms with Crippen molar-refractivity contribution in [3.05, 3.63) is 126 Å². The van der Waals surface area contributed by atoms with Gasteiger partial charge in [-0.05, 0) is 34.2 Å². The Labute approximate surface area is 226 Å². The van der Waals surface area contributed by atoms with Gasteiger partial charge in [-0.2, -0.15) is 6.07 Å². The number of benzene rings is 4. The zero-order valence-corrected chi connectivity index (χ0v) is 22.9. The number of nitrogens with zero attached hydrogens (tertiary/aromatic N) is 3. The van der Waals surface area contributed by atoms with Crippen LogP contribution in [0.25, 0.3) is 44.2 Å². The molecule has 0 aliphatic rings. The summed E-state index contributed by atoms with van der Waals surface area (Å²) in [5, 5.41) is 0. The molecule has 4 heteroatoms. The molecule has 0 aliphatic heterocycles. The monoisotopic (exact) mass is 645 g/mol. The molecule has 0 saturated carbocycles. The summed E-state index contributed by atoms with van der Waals surface area (Å²) in [6, 6.07) is 34.3. The van der Waals surface area contributed by atoms with E-state index in [1.54, 1.807) is 12.1 Å². The van der Waals surface area contributed by atoms with Gasteiger partial charge in [0.05, 0.1) is 18.1 Å². The molecule has 5 rings (SSSR count). The Kier molecular flexibility index (Phi) is 7.36. The molecule has 0 amide bonds. The summed E-state index contributed by atoms with van der Waals surface area (Å²) in [5.41, 5.74) is 8.22. The number of aromatic nitrogens is 2. The van der Waals surface area contributed by atoms with Crippen molar-refractivity contribution in [2.75, 3.05) is 0 Å². The summed E-state index contributed by atoms with van der Waals surface area (Å²) in [6.07, 6.45) is 3.81. The molecule has 1 aromatic heterocycles. The quantitative estimate of drug-likeness (QED) is 0.180. The molecule has 0 unspecified atom stereocenters. The first-order valence-corrected chi connectivity index (χ1v) is 11.7. The van der Waals surface area contributed by atoms with Crippen LogP contribution in [0.5, 0.6) is 0 Å². The van der Waals surface area contributed by atoms with Gasteiger partial charge in [0.2, 0.25) is 0 Å². The van der Waals surface area contributed by atoms with Gasteiger partial charge in [0, 0.05) is 43.6 Å². The topological polar surface area (TPSA) is 22.2 Å². The van der Waals surface area contributed by atoms with Crippen LogP contribution in [0, 0.1) is 12.6 Å². The van der Waals surface area contributed by atoms with Gasteiger partial charge < -0.3 is 4.57 Å². The molecule has 4 aromatic carbocycles. The van der Waals surface area contributed by atoms with E-state index in [0.717, 1.165) is 39.3 Å². The zero-order valence-electron chi connectivity index (χ0n) is 20.5. The van der Waals surface area contributed by atoms with Gasteiger partial charge >= 0.3 is 0 Å². The number of hydrogen-bond donors (Lipinski definition) is 0. The summed E-state index contributed by atoms with van der Waals surface area (Å²) < 4.78 is 2.14. The van der Waals surface area contributed by atoms with Crippen molar-refractivity contribution in [3.8, 4) is 39.3 Å². The van der Waals surface area contributed by atoms with E-state index >= 15 is 0 Å². The van der Waals surface area contributed by atoms with Gasteiger partial charge in [-0.25, -0.2) is 0 Å². The predicted molar refractivity (Wildman–Crippen MR) is 144 cm³/mol. The largest absolute Gasteiger partial charge is 0.339 e. The average molecular weight is 645 g/mol. The van der Waals surface area contributed by atoms with Crippen LogP contribution in [-0.2, 0) is 25.5 Å². The first-order valence-electron chi connectivity index (χ1n) is 11.7. The molecule has 5 aromatic rings. The molecule has 36 heavy (non-hydrogen) atoms. The molecule has 179 valence electrons. The Morgan fingerprint density at radius 3 is 1.94 bits per heavy atom. The second-order valence-corrected chi connectivity index (χ2v) is 9.60. The Bertz CT molecular complexity index is 1460. The third-order valence-corrected chi connectivity index (χ3v) is 6.18. The van der Waals surface area contributed by atoms with Crippen molar-refractivity contribution in [2.45, 2.75) is 26.2 Å². The first-order chi connectivity index (χ1) is 17.0. The van der Waals surface area contributed by atoms with Crippen LogP contribution in [0.2, 0.25) is 0 Å². The standard InChI is InChI=1S/C32H26N3.Ir/c1-32(2,3)26-21-28(23-12-7-5-8-13-23)30(29(22-26)24-14-9-6-10-15-24)35-19-18-34-31(35)25-16-11-17-27(20-25)33-4;/h5-15,17-22H,1-3H3;/q-1;. The van der Waals surface area contributed by atoms with E-state index in [9.17, 15) is 0 Å². The zero-order chi connectivity index (χ0) is 24.4. The molecule has 0 N–H and O–H groups in total. The second kappa shape index (κ2) is 10.5. The molecule has 0 aliphatic carbocycles. The Morgan fingerprint density at radius 1 is 0.833 bits per heavy atom. The van der Waals surface area contributed by atoms with Crippen molar-refractivity contribution < 1.29 is 20.1 Å². The van der Waals surface area contributed by atoms with Gasteiger partial charge in [-0.3, -0.25) is 9.83 Å². The third kappa shape index (κ3) is 4.95. The van der Waals surface area contributed by atoms with Crippen LogP contribution in [-0.4, -0.2) is 9.55 Å². The van der Waals surface area contributed by atoms with Crippen LogP contribution < -0.4 is 0 Å². The maximum absolute atomic E-state index is 7.44. The van der Waals surface area contributed by atoms with Gasteiger partial charge in [0.1, 0.15) is 5.69 Å². The smallest absolute Gasteiger partial charge is 0.109 e. The molecular formula is C32H26IrN3-. The van der Waals surface area contributed by atoms with Gasteiger partial charge in [-0.15, -0.1) is 23.8 Å². The first kappa shape index (κ1) is 25.3. The third-order valence-electron chi connectivity index (χ3n) is 6.18. The fourth-order valence-electron chi connectivity index (χ4n) is 4.34. The average Bonchev–Trinajstić information content (AvgIpc) is 3.38. The van der Waals surface area contributed by atoms with E-state index in [2.05, 4.69) is 96.9 Å². The minimum atomic E-state index is -0.0267. The fourth-order valence-corrected chi connectivity index (χ4v) is 4.34. The van der Waals surface area contributed by atoms with Crippen LogP contribution in [0.15, 0.2) is 103 Å². The van der Waals surface area contributed by atoms with Crippen molar-refractivity contribution in [3.63, 3.8) is 0 Å². The summed E-state index contributed by atoms with van der Waals surface area (Å²) in [4.78, 5) is 8.31. The summed E-state index contributed by atoms with van der Waals surface area (Å²) in [6.45, 7) is 14.2. The molecule has 0 spiro atoms. The fraction of sp³-hybridized carbons (Fsp3) is 0.125. The van der Waals surface area contributed by atoms with Gasteiger partial charge in [0.25, 0.3) is 0 Å². The second-order valence-electron chi connectivity index (χ2n) is 9.60. The van der Waals surface area contributed by atoms with E-state index in [1.165, 1.54) is 5.56 Å². The van der Waals surface area contributed by atoms with Crippen molar-refractivity contribution in [1.82, 2.24) is 9.55 Å². The number of imidazole rings is 1. The van der Waals surface area contributed by atoms with Gasteiger partial charge in [0.15, 0.2) is 0 Å². The summed E-state index contributed by atoms with van der Waals surface area (Å²) in [7, 11) is 0. The Morgan fingerprint density at radius 2 is 1.42 bits per heavy atom. The van der Waals surface area contributed by atoms with Crippen LogP contribution in [0.1, 0.15) is 26.3 Å². The van der Waals surface area contributed by atoms with E-state index in [4.69, 9.17) is 11.6 Å². The predicted octanol–water partition coefficient (Wildman–Crippen LogP) is 8.52. The molecule has 0 atom stereocenters. The SMILES string of the molecule is [C-]#[N+]c1cc[c-]c(-c2nccn2-c2c(-c3ccccc3)cc(C(C)(C)C)cc2-c2ccccc2)c1.[Ir]. The van der Waals surface area contributed by atoms with Crippen molar-refractivity contribution in [2.24, 2.45) is 0 Å². The maximum Gasteiger partial charge on any atom is 0.109 e. The van der Waals surface area contributed by atoms with Crippen molar-refractivity contribution >= 4 is 5.69 Å². The van der Waals surface area contributed by atoms with Crippen molar-refractivity contribution in [1.29, 1.82) is 0 Å². The summed E-state index contributed by atoms with van der Waals surface area (Å²) in [5.74, 6) is 0.758. The molecule has 0 fully saturated rings.